The molecule has 1 saturated carbocycles. The molecule has 1 amide bonds. The maximum atomic E-state index is 13.2. The Morgan fingerprint density at radius 1 is 1.14 bits per heavy atom. The van der Waals surface area contributed by atoms with Crippen molar-refractivity contribution in [2.24, 2.45) is 11.7 Å². The molecule has 1 fully saturated rings. The van der Waals surface area contributed by atoms with Crippen LogP contribution in [-0.2, 0) is 19.6 Å². The first-order valence-electron chi connectivity index (χ1n) is 12.2. The van der Waals surface area contributed by atoms with Gasteiger partial charge in [0, 0.05) is 24.5 Å². The first kappa shape index (κ1) is 25.8. The molecule has 1 unspecified atom stereocenters. The molecule has 2 N–H and O–H groups in total. The maximum Gasteiger partial charge on any atom is 0.405 e. The van der Waals surface area contributed by atoms with Gasteiger partial charge in [-0.2, -0.15) is 0 Å². The Morgan fingerprint density at radius 3 is 2.44 bits per heavy atom. The molecular formula is C26H32N4O5S. The van der Waals surface area contributed by atoms with Gasteiger partial charge in [0.15, 0.2) is 5.65 Å². The minimum atomic E-state index is -3.88. The number of Topliss-reactive ketones (excluding diaryl/α,β-unsaturated/α-hetero) is 1. The van der Waals surface area contributed by atoms with Gasteiger partial charge in [-0.25, -0.2) is 27.2 Å². The van der Waals surface area contributed by atoms with Crippen LogP contribution in [0.15, 0.2) is 47.6 Å². The molecule has 10 heteroatoms. The lowest BCUT2D eigenvalue weighted by Crippen LogP contribution is -2.39. The van der Waals surface area contributed by atoms with Gasteiger partial charge in [0.05, 0.1) is 16.8 Å². The molecular weight excluding hydrogens is 480 g/mol. The number of hydrogen-bond donors (Lipinski definition) is 1. The molecule has 2 heterocycles. The Balaban J connectivity index is 1.71. The number of nitrogens with zero attached hydrogens (tertiary/aromatic N) is 3. The second-order valence-electron chi connectivity index (χ2n) is 10.0. The van der Waals surface area contributed by atoms with Crippen molar-refractivity contribution in [3.05, 3.63) is 54.0 Å². The van der Waals surface area contributed by atoms with Crippen molar-refractivity contribution >= 4 is 33.1 Å². The summed E-state index contributed by atoms with van der Waals surface area (Å²) in [6, 6.07) is 8.14. The zero-order valence-electron chi connectivity index (χ0n) is 20.8. The van der Waals surface area contributed by atoms with E-state index in [0.717, 1.165) is 41.6 Å². The maximum absolute atomic E-state index is 13.2. The van der Waals surface area contributed by atoms with Crippen molar-refractivity contribution in [1.82, 2.24) is 13.9 Å². The number of amides is 1. The summed E-state index contributed by atoms with van der Waals surface area (Å²) in [6.07, 6.45) is 6.93. The highest BCUT2D eigenvalue weighted by Crippen LogP contribution is 2.37. The van der Waals surface area contributed by atoms with Crippen LogP contribution >= 0.6 is 0 Å². The van der Waals surface area contributed by atoms with Crippen molar-refractivity contribution in [3.63, 3.8) is 0 Å². The molecule has 0 bridgehead atoms. The van der Waals surface area contributed by atoms with Crippen molar-refractivity contribution in [1.29, 1.82) is 0 Å². The van der Waals surface area contributed by atoms with Crippen molar-refractivity contribution in [2.75, 3.05) is 0 Å². The van der Waals surface area contributed by atoms with E-state index < -0.39 is 27.6 Å². The summed E-state index contributed by atoms with van der Waals surface area (Å²) >= 11 is 0. The number of aromatic nitrogens is 3. The summed E-state index contributed by atoms with van der Waals surface area (Å²) in [5, 5.41) is 0. The summed E-state index contributed by atoms with van der Waals surface area (Å²) in [5.74, 6) is -0.529. The van der Waals surface area contributed by atoms with E-state index in [1.807, 2.05) is 6.92 Å². The summed E-state index contributed by atoms with van der Waals surface area (Å²) < 4.78 is 32.9. The molecule has 2 aromatic heterocycles. The van der Waals surface area contributed by atoms with E-state index in [2.05, 4.69) is 9.97 Å². The van der Waals surface area contributed by atoms with Crippen LogP contribution in [0.5, 0.6) is 0 Å². The fourth-order valence-corrected chi connectivity index (χ4v) is 6.21. The van der Waals surface area contributed by atoms with E-state index >= 15 is 0 Å². The average molecular weight is 513 g/mol. The number of ketones is 1. The lowest BCUT2D eigenvalue weighted by Gasteiger charge is -2.33. The molecule has 0 spiro atoms. The summed E-state index contributed by atoms with van der Waals surface area (Å²) in [5.41, 5.74) is 6.10. The number of carbonyl (C=O) groups is 2. The van der Waals surface area contributed by atoms with Gasteiger partial charge < -0.3 is 10.5 Å². The monoisotopic (exact) mass is 512 g/mol. The smallest absolute Gasteiger partial charge is 0.405 e. The van der Waals surface area contributed by atoms with Gasteiger partial charge in [0.1, 0.15) is 16.9 Å². The number of fused-ring (bicyclic) bond motifs is 1. The van der Waals surface area contributed by atoms with Crippen LogP contribution in [0.25, 0.3) is 11.2 Å². The van der Waals surface area contributed by atoms with E-state index in [9.17, 15) is 18.0 Å². The molecule has 4 rings (SSSR count). The van der Waals surface area contributed by atoms with Crippen LogP contribution in [0.2, 0.25) is 0 Å². The van der Waals surface area contributed by atoms with E-state index in [0.29, 0.717) is 11.2 Å². The highest BCUT2D eigenvalue weighted by Gasteiger charge is 2.39. The molecule has 0 aliphatic heterocycles. The van der Waals surface area contributed by atoms with Gasteiger partial charge >= 0.3 is 6.09 Å². The molecule has 192 valence electrons. The second-order valence-corrected chi connectivity index (χ2v) is 11.8. The largest absolute Gasteiger partial charge is 0.443 e. The van der Waals surface area contributed by atoms with Gasteiger partial charge in [-0.05, 0) is 51.8 Å². The first-order chi connectivity index (χ1) is 17.0. The van der Waals surface area contributed by atoms with Crippen LogP contribution in [-0.4, -0.2) is 39.8 Å². The number of nitrogens with two attached hydrogens (primary N) is 1. The standard InChI is InChI=1S/C26H32N4O5S/c1-17-9-11-19(12-10-17)36(33,34)30-14-13-21-24(30)28-16-22(29-21)20(26(2,3)35-25(27)32)15-23(31)18-7-5-4-6-8-18/h9-14,16,18,20H,4-8,15H2,1-3H3,(H2,27,32). The lowest BCUT2D eigenvalue weighted by molar-refractivity contribution is -0.125. The molecule has 9 nitrogen and oxygen atoms in total. The van der Waals surface area contributed by atoms with Gasteiger partial charge in [0.25, 0.3) is 10.0 Å². The third-order valence-corrected chi connectivity index (χ3v) is 8.66. The Labute approximate surface area is 211 Å². The Bertz CT molecular complexity index is 1370. The van der Waals surface area contributed by atoms with Crippen molar-refractivity contribution in [2.45, 2.75) is 75.7 Å². The second kappa shape index (κ2) is 10.0. The van der Waals surface area contributed by atoms with Crippen LogP contribution < -0.4 is 5.73 Å². The van der Waals surface area contributed by atoms with Crippen molar-refractivity contribution in [3.8, 4) is 0 Å². The third-order valence-electron chi connectivity index (χ3n) is 6.98. The third kappa shape index (κ3) is 5.28. The van der Waals surface area contributed by atoms with Crippen LogP contribution in [0, 0.1) is 12.8 Å². The summed E-state index contributed by atoms with van der Waals surface area (Å²) in [7, 11) is -3.88. The number of ether oxygens (including phenoxy) is 1. The molecule has 1 aliphatic rings. The zero-order valence-corrected chi connectivity index (χ0v) is 21.6. The quantitative estimate of drug-likeness (QED) is 0.470. The van der Waals surface area contributed by atoms with Crippen molar-refractivity contribution < 1.29 is 22.7 Å². The predicted octanol–water partition coefficient (Wildman–Crippen LogP) is 4.47. The van der Waals surface area contributed by atoms with E-state index in [1.165, 1.54) is 12.4 Å². The molecule has 1 aromatic carbocycles. The van der Waals surface area contributed by atoms with Gasteiger partial charge in [-0.15, -0.1) is 0 Å². The van der Waals surface area contributed by atoms with Gasteiger partial charge in [0.2, 0.25) is 0 Å². The number of rotatable bonds is 8. The van der Waals surface area contributed by atoms with E-state index in [1.54, 1.807) is 44.2 Å². The lowest BCUT2D eigenvalue weighted by atomic mass is 9.78. The normalized spacial score (nSPS) is 16.1. The Kier molecular flexibility index (Phi) is 7.17. The highest BCUT2D eigenvalue weighted by molar-refractivity contribution is 7.90. The highest BCUT2D eigenvalue weighted by atomic mass is 32.2. The summed E-state index contributed by atoms with van der Waals surface area (Å²) in [6.45, 7) is 5.26. The SMILES string of the molecule is Cc1ccc(S(=O)(=O)n2ccc3nc(C(CC(=O)C4CCCCC4)C(C)(C)OC(N)=O)cnc32)cc1. The number of benzene rings is 1. The van der Waals surface area contributed by atoms with Crippen LogP contribution in [0.4, 0.5) is 4.79 Å². The number of aryl methyl sites for hydroxylation is 1. The van der Waals surface area contributed by atoms with Crippen LogP contribution in [0.3, 0.4) is 0 Å². The molecule has 1 atom stereocenters. The Morgan fingerprint density at radius 2 is 1.81 bits per heavy atom. The topological polar surface area (TPSA) is 134 Å². The molecule has 0 saturated heterocycles. The Hall–Kier alpha value is -3.27. The average Bonchev–Trinajstić information content (AvgIpc) is 3.26. The minimum Gasteiger partial charge on any atom is -0.443 e. The van der Waals surface area contributed by atoms with Gasteiger partial charge in [-0.3, -0.25) is 4.79 Å². The number of carbonyl (C=O) groups excluding carboxylic acids is 2. The molecule has 1 aliphatic carbocycles. The molecule has 3 aromatic rings. The van der Waals surface area contributed by atoms with Gasteiger partial charge in [-0.1, -0.05) is 37.0 Å². The fourth-order valence-electron chi connectivity index (χ4n) is 4.92. The predicted molar refractivity (Wildman–Crippen MR) is 135 cm³/mol. The number of primary amides is 1. The summed E-state index contributed by atoms with van der Waals surface area (Å²) in [4.78, 5) is 34.0. The first-order valence-corrected chi connectivity index (χ1v) is 13.6. The minimum absolute atomic E-state index is 0.0250. The van der Waals surface area contributed by atoms with Crippen LogP contribution in [0.1, 0.15) is 69.5 Å². The van der Waals surface area contributed by atoms with E-state index in [-0.39, 0.29) is 28.7 Å². The fraction of sp³-hybridized carbons (Fsp3) is 0.462. The molecule has 36 heavy (non-hydrogen) atoms. The zero-order chi connectivity index (χ0) is 26.1. The number of hydrogen-bond acceptors (Lipinski definition) is 7. The van der Waals surface area contributed by atoms with E-state index in [4.69, 9.17) is 10.5 Å². The molecule has 0 radical (unpaired) electrons.